The van der Waals surface area contributed by atoms with E-state index in [0.717, 1.165) is 0 Å². The Balaban J connectivity index is 2.54. The molecule has 106 valence electrons. The van der Waals surface area contributed by atoms with Crippen molar-refractivity contribution in [3.63, 3.8) is 0 Å². The van der Waals surface area contributed by atoms with E-state index in [2.05, 4.69) is 5.32 Å². The molecule has 4 nitrogen and oxygen atoms in total. The molecule has 0 saturated carbocycles. The van der Waals surface area contributed by atoms with Gasteiger partial charge in [0.25, 0.3) is 0 Å². The summed E-state index contributed by atoms with van der Waals surface area (Å²) in [7, 11) is 0. The molecule has 0 aliphatic carbocycles. The predicted molar refractivity (Wildman–Crippen MR) is 80.1 cm³/mol. The van der Waals surface area contributed by atoms with Crippen molar-refractivity contribution in [1.29, 1.82) is 0 Å². The molecular formula is C14H14Cl2N2O2. The van der Waals surface area contributed by atoms with Crippen LogP contribution < -0.4 is 11.1 Å². The van der Waals surface area contributed by atoms with Crippen LogP contribution in [0.15, 0.2) is 23.9 Å². The molecule has 1 aromatic carbocycles. The number of rotatable bonds is 3. The van der Waals surface area contributed by atoms with Crippen molar-refractivity contribution < 1.29 is 9.59 Å². The third-order valence-corrected chi connectivity index (χ3v) is 3.66. The Morgan fingerprint density at radius 2 is 2.10 bits per heavy atom. The predicted octanol–water partition coefficient (Wildman–Crippen LogP) is 3.39. The van der Waals surface area contributed by atoms with E-state index in [1.165, 1.54) is 6.07 Å². The van der Waals surface area contributed by atoms with Gasteiger partial charge in [-0.2, -0.15) is 0 Å². The zero-order valence-electron chi connectivity index (χ0n) is 10.9. The van der Waals surface area contributed by atoms with Gasteiger partial charge in [0.1, 0.15) is 0 Å². The van der Waals surface area contributed by atoms with Crippen molar-refractivity contribution in [2.24, 2.45) is 11.7 Å². The molecule has 20 heavy (non-hydrogen) atoms. The highest BCUT2D eigenvalue weighted by Crippen LogP contribution is 2.35. The van der Waals surface area contributed by atoms with Crippen molar-refractivity contribution in [1.82, 2.24) is 0 Å². The fourth-order valence-electron chi connectivity index (χ4n) is 2.24. The van der Waals surface area contributed by atoms with Gasteiger partial charge in [-0.05, 0) is 18.6 Å². The molecule has 1 heterocycles. The second-order valence-corrected chi connectivity index (χ2v) is 5.49. The van der Waals surface area contributed by atoms with Crippen LogP contribution >= 0.6 is 23.2 Å². The number of allylic oxidation sites excluding steroid dienone is 1. The highest BCUT2D eigenvalue weighted by atomic mass is 35.5. The van der Waals surface area contributed by atoms with Gasteiger partial charge in [-0.15, -0.1) is 0 Å². The van der Waals surface area contributed by atoms with Gasteiger partial charge in [0.2, 0.25) is 5.91 Å². The number of hydrogen-bond donors (Lipinski definition) is 2. The maximum Gasteiger partial charge on any atom is 0.223 e. The molecule has 1 unspecified atom stereocenters. The van der Waals surface area contributed by atoms with Crippen LogP contribution in [0.2, 0.25) is 10.0 Å². The molecule has 1 amide bonds. The third-order valence-electron chi connectivity index (χ3n) is 3.14. The van der Waals surface area contributed by atoms with E-state index in [9.17, 15) is 9.59 Å². The zero-order valence-corrected chi connectivity index (χ0v) is 12.4. The Bertz CT molecular complexity index is 611. The van der Waals surface area contributed by atoms with Gasteiger partial charge in [-0.25, -0.2) is 0 Å². The summed E-state index contributed by atoms with van der Waals surface area (Å²) in [5.41, 5.74) is 6.72. The maximum absolute atomic E-state index is 12.5. The van der Waals surface area contributed by atoms with Crippen LogP contribution in [-0.2, 0) is 4.79 Å². The summed E-state index contributed by atoms with van der Waals surface area (Å²) in [5.74, 6) is -0.893. The SMILES string of the molecule is CCC1C=C(CC(N)=O)Nc2cc(Cl)cc(Cl)c2C1=O. The molecule has 1 aliphatic heterocycles. The van der Waals surface area contributed by atoms with Crippen LogP contribution in [0.25, 0.3) is 0 Å². The minimum Gasteiger partial charge on any atom is -0.369 e. The summed E-state index contributed by atoms with van der Waals surface area (Å²) in [6, 6.07) is 3.15. The number of nitrogens with one attached hydrogen (secondary N) is 1. The zero-order chi connectivity index (χ0) is 14.9. The first kappa shape index (κ1) is 14.9. The Hall–Kier alpha value is -1.52. The van der Waals surface area contributed by atoms with Gasteiger partial charge in [0.05, 0.1) is 22.7 Å². The molecule has 0 spiro atoms. The smallest absolute Gasteiger partial charge is 0.223 e. The van der Waals surface area contributed by atoms with Crippen molar-refractivity contribution in [3.8, 4) is 0 Å². The third kappa shape index (κ3) is 2.97. The second-order valence-electron chi connectivity index (χ2n) is 4.65. The lowest BCUT2D eigenvalue weighted by atomic mass is 9.94. The number of ketones is 1. The molecule has 1 aliphatic rings. The average molecular weight is 313 g/mol. The normalized spacial score (nSPS) is 17.9. The maximum atomic E-state index is 12.5. The molecule has 0 bridgehead atoms. The number of halogens is 2. The molecule has 2 rings (SSSR count). The number of fused-ring (bicyclic) bond motifs is 1. The summed E-state index contributed by atoms with van der Waals surface area (Å²) < 4.78 is 0. The first-order chi connectivity index (χ1) is 9.42. The summed E-state index contributed by atoms with van der Waals surface area (Å²) in [5, 5.41) is 3.76. The Morgan fingerprint density at radius 1 is 1.40 bits per heavy atom. The van der Waals surface area contributed by atoms with Crippen molar-refractivity contribution in [2.45, 2.75) is 19.8 Å². The van der Waals surface area contributed by atoms with Crippen molar-refractivity contribution >= 4 is 40.6 Å². The highest BCUT2D eigenvalue weighted by Gasteiger charge is 2.26. The number of benzene rings is 1. The summed E-state index contributed by atoms with van der Waals surface area (Å²) in [4.78, 5) is 23.6. The van der Waals surface area contributed by atoms with E-state index >= 15 is 0 Å². The van der Waals surface area contributed by atoms with E-state index in [4.69, 9.17) is 28.9 Å². The molecule has 1 atom stereocenters. The summed E-state index contributed by atoms with van der Waals surface area (Å²) >= 11 is 12.1. The van der Waals surface area contributed by atoms with E-state index in [0.29, 0.717) is 33.4 Å². The van der Waals surface area contributed by atoms with Crippen LogP contribution in [0.1, 0.15) is 30.1 Å². The van der Waals surface area contributed by atoms with Gasteiger partial charge in [-0.1, -0.05) is 36.2 Å². The van der Waals surface area contributed by atoms with Crippen LogP contribution in [0.4, 0.5) is 5.69 Å². The molecule has 6 heteroatoms. The van der Waals surface area contributed by atoms with Gasteiger partial charge in [-0.3, -0.25) is 9.59 Å². The largest absolute Gasteiger partial charge is 0.369 e. The van der Waals surface area contributed by atoms with Crippen LogP contribution in [-0.4, -0.2) is 11.7 Å². The van der Waals surface area contributed by atoms with Crippen molar-refractivity contribution in [2.75, 3.05) is 5.32 Å². The minimum absolute atomic E-state index is 0.0351. The number of primary amides is 1. The molecule has 0 aromatic heterocycles. The summed E-state index contributed by atoms with van der Waals surface area (Å²) in [6.45, 7) is 1.90. The van der Waals surface area contributed by atoms with Gasteiger partial charge >= 0.3 is 0 Å². The Labute approximate surface area is 126 Å². The number of amides is 1. The van der Waals surface area contributed by atoms with Crippen LogP contribution in [0, 0.1) is 5.92 Å². The summed E-state index contributed by atoms with van der Waals surface area (Å²) in [6.07, 6.45) is 2.38. The Morgan fingerprint density at radius 3 is 2.70 bits per heavy atom. The standard InChI is InChI=1S/C14H14Cl2N2O2/c1-2-7-3-9(6-12(17)19)18-11-5-8(15)4-10(16)13(11)14(7)20/h3-5,7,18H,2,6H2,1H3,(H2,17,19). The number of nitrogens with two attached hydrogens (primary N) is 1. The fraction of sp³-hybridized carbons (Fsp3) is 0.286. The first-order valence-electron chi connectivity index (χ1n) is 6.21. The molecular weight excluding hydrogens is 299 g/mol. The topological polar surface area (TPSA) is 72.2 Å². The van der Waals surface area contributed by atoms with Gasteiger partial charge in [0, 0.05) is 16.6 Å². The number of carbonyl (C=O) groups excluding carboxylic acids is 2. The lowest BCUT2D eigenvalue weighted by molar-refractivity contribution is -0.117. The minimum atomic E-state index is -0.470. The first-order valence-corrected chi connectivity index (χ1v) is 6.97. The van der Waals surface area contributed by atoms with E-state index < -0.39 is 5.91 Å². The van der Waals surface area contributed by atoms with Crippen LogP contribution in [0.5, 0.6) is 0 Å². The number of anilines is 1. The average Bonchev–Trinajstić information content (AvgIpc) is 2.45. The number of carbonyl (C=O) groups is 2. The molecule has 0 saturated heterocycles. The second kappa shape index (κ2) is 5.85. The van der Waals surface area contributed by atoms with Crippen LogP contribution in [0.3, 0.4) is 0 Å². The molecule has 3 N–H and O–H groups in total. The van der Waals surface area contributed by atoms with E-state index in [1.54, 1.807) is 12.1 Å². The lowest BCUT2D eigenvalue weighted by Crippen LogP contribution is -2.15. The monoisotopic (exact) mass is 312 g/mol. The Kier molecular flexibility index (Phi) is 4.35. The molecule has 0 radical (unpaired) electrons. The van der Waals surface area contributed by atoms with Gasteiger partial charge in [0.15, 0.2) is 5.78 Å². The van der Waals surface area contributed by atoms with E-state index in [-0.39, 0.29) is 18.1 Å². The highest BCUT2D eigenvalue weighted by molar-refractivity contribution is 6.38. The number of hydrogen-bond acceptors (Lipinski definition) is 3. The van der Waals surface area contributed by atoms with Gasteiger partial charge < -0.3 is 11.1 Å². The quantitative estimate of drug-likeness (QED) is 0.898. The van der Waals surface area contributed by atoms with Crippen molar-refractivity contribution in [3.05, 3.63) is 39.5 Å². The fourth-order valence-corrected chi connectivity index (χ4v) is 2.82. The lowest BCUT2D eigenvalue weighted by Gasteiger charge is -2.12. The molecule has 0 fully saturated rings. The number of Topliss-reactive ketones (excluding diaryl/α,β-unsaturated/α-hetero) is 1. The molecule has 1 aromatic rings. The van der Waals surface area contributed by atoms with E-state index in [1.807, 2.05) is 6.92 Å².